The first-order valence-electron chi connectivity index (χ1n) is 20.8. The third-order valence-corrected chi connectivity index (χ3v) is 10.4. The number of fused-ring (bicyclic) bond motifs is 1. The van der Waals surface area contributed by atoms with Crippen LogP contribution in [-0.4, -0.2) is 92.5 Å². The van der Waals surface area contributed by atoms with Crippen LogP contribution in [0, 0.1) is 0 Å². The molecule has 0 saturated heterocycles. The number of hydrogen-bond donors (Lipinski definition) is 9. The van der Waals surface area contributed by atoms with Crippen molar-refractivity contribution >= 4 is 46.5 Å². The van der Waals surface area contributed by atoms with Crippen LogP contribution in [0.2, 0.25) is 0 Å². The van der Waals surface area contributed by atoms with Gasteiger partial charge in [0, 0.05) is 48.3 Å². The number of H-pyrrole nitrogens is 2. The average Bonchev–Trinajstić information content (AvgIpc) is 3.98. The number of para-hydroxylation sites is 1. The van der Waals surface area contributed by atoms with Gasteiger partial charge in [-0.25, -0.2) is 9.78 Å². The zero-order valence-electron chi connectivity index (χ0n) is 35.5. The lowest BCUT2D eigenvalue weighted by Crippen LogP contribution is -2.60. The number of primary amides is 1. The Morgan fingerprint density at radius 2 is 1.20 bits per heavy atom. The van der Waals surface area contributed by atoms with Crippen LogP contribution in [0.5, 0.6) is 5.75 Å². The monoisotopic (exact) mass is 885 g/mol. The fourth-order valence-electron chi connectivity index (χ4n) is 6.79. The molecule has 18 nitrogen and oxygen atoms in total. The van der Waals surface area contributed by atoms with Crippen molar-refractivity contribution in [2.45, 2.75) is 69.6 Å². The number of alkyl carbamates (subject to hydrolysis) is 1. The molecule has 0 saturated carbocycles. The molecule has 6 rings (SSSR count). The standard InChI is InChI=1S/C47H51N9O9/c1-29(42(48)58)52-43(59)39(21-33-23-50-37-15-9-8-14-36(33)37)54-46(62)41(27-64-25-31-10-4-2-5-11-31)55-44(60)38(20-30-16-18-35(57)19-17-30)53-45(61)40(22-34-24-49-28-51-34)56-47(63)65-26-32-12-6-3-7-13-32/h2-19,23-24,28-29,38-41,50,57H,20-22,25-27H2,1H3,(H2,48,58)(H,49,51)(H,52,59)(H,53,61)(H,54,62)(H,55,60)(H,56,63)/t29-,38-,39+,40+,41+/m1/s1. The molecule has 0 aliphatic heterocycles. The molecule has 6 amide bonds. The number of carbonyl (C=O) groups is 6. The van der Waals surface area contributed by atoms with Gasteiger partial charge in [-0.15, -0.1) is 0 Å². The fourth-order valence-corrected chi connectivity index (χ4v) is 6.79. The lowest BCUT2D eigenvalue weighted by Gasteiger charge is -2.27. The van der Waals surface area contributed by atoms with Crippen molar-refractivity contribution in [3.63, 3.8) is 0 Å². The van der Waals surface area contributed by atoms with E-state index in [0.29, 0.717) is 16.8 Å². The lowest BCUT2D eigenvalue weighted by atomic mass is 10.0. The largest absolute Gasteiger partial charge is 0.508 e. The van der Waals surface area contributed by atoms with Crippen molar-refractivity contribution in [3.8, 4) is 5.75 Å². The van der Waals surface area contributed by atoms with E-state index in [-0.39, 0.29) is 44.8 Å². The van der Waals surface area contributed by atoms with E-state index in [2.05, 4.69) is 41.5 Å². The third-order valence-electron chi connectivity index (χ3n) is 10.4. The third kappa shape index (κ3) is 14.0. The Morgan fingerprint density at radius 3 is 1.85 bits per heavy atom. The van der Waals surface area contributed by atoms with Gasteiger partial charge in [-0.3, -0.25) is 24.0 Å². The van der Waals surface area contributed by atoms with Gasteiger partial charge in [0.05, 0.1) is 19.5 Å². The summed E-state index contributed by atoms with van der Waals surface area (Å²) in [6.07, 6.45) is 3.52. The van der Waals surface area contributed by atoms with Crippen molar-refractivity contribution in [1.29, 1.82) is 0 Å². The number of carbonyl (C=O) groups excluding carboxylic acids is 6. The summed E-state index contributed by atoms with van der Waals surface area (Å²) < 4.78 is 11.4. The first-order chi connectivity index (χ1) is 31.4. The lowest BCUT2D eigenvalue weighted by molar-refractivity contribution is -0.135. The van der Waals surface area contributed by atoms with Crippen molar-refractivity contribution in [3.05, 3.63) is 156 Å². The zero-order chi connectivity index (χ0) is 46.1. The van der Waals surface area contributed by atoms with E-state index in [9.17, 15) is 33.9 Å². The quantitative estimate of drug-likeness (QED) is 0.0481. The summed E-state index contributed by atoms with van der Waals surface area (Å²) in [7, 11) is 0. The number of ether oxygens (including phenoxy) is 2. The Hall–Kier alpha value is -7.99. The smallest absolute Gasteiger partial charge is 0.408 e. The second kappa shape index (κ2) is 22.9. The topological polar surface area (TPSA) is 272 Å². The van der Waals surface area contributed by atoms with E-state index in [1.165, 1.54) is 31.6 Å². The van der Waals surface area contributed by atoms with E-state index < -0.39 is 65.8 Å². The van der Waals surface area contributed by atoms with Crippen LogP contribution in [0.25, 0.3) is 10.9 Å². The minimum Gasteiger partial charge on any atom is -0.508 e. The molecular weight excluding hydrogens is 835 g/mol. The highest BCUT2D eigenvalue weighted by molar-refractivity contribution is 5.97. The highest BCUT2D eigenvalue weighted by Gasteiger charge is 2.33. The number of aromatic amines is 2. The molecule has 2 aromatic heterocycles. The van der Waals surface area contributed by atoms with Crippen LogP contribution in [0.3, 0.4) is 0 Å². The van der Waals surface area contributed by atoms with Gasteiger partial charge in [0.15, 0.2) is 0 Å². The predicted molar refractivity (Wildman–Crippen MR) is 238 cm³/mol. The van der Waals surface area contributed by atoms with Gasteiger partial charge in [0.25, 0.3) is 0 Å². The molecular formula is C47H51N9O9. The Morgan fingerprint density at radius 1 is 0.631 bits per heavy atom. The van der Waals surface area contributed by atoms with Gasteiger partial charge in [-0.2, -0.15) is 0 Å². The molecule has 4 aromatic carbocycles. The molecule has 6 aromatic rings. The number of nitrogens with two attached hydrogens (primary N) is 1. The van der Waals surface area contributed by atoms with E-state index in [0.717, 1.165) is 22.0 Å². The molecule has 2 heterocycles. The molecule has 0 aliphatic rings. The van der Waals surface area contributed by atoms with Crippen molar-refractivity contribution < 1.29 is 43.3 Å². The SMILES string of the molecule is C[C@@H](NC(=O)[C@H](Cc1c[nH]c2ccccc12)NC(=O)[C@H](COCc1ccccc1)NC(=O)[C@@H](Cc1ccc(O)cc1)NC(=O)[C@H](Cc1cnc[nH]1)NC(=O)OCc1ccccc1)C(N)=O. The maximum Gasteiger partial charge on any atom is 0.408 e. The first kappa shape index (κ1) is 46.5. The molecule has 5 atom stereocenters. The highest BCUT2D eigenvalue weighted by Crippen LogP contribution is 2.20. The molecule has 0 bridgehead atoms. The summed E-state index contributed by atoms with van der Waals surface area (Å²) >= 11 is 0. The first-order valence-corrected chi connectivity index (χ1v) is 20.8. The van der Waals surface area contributed by atoms with Gasteiger partial charge >= 0.3 is 6.09 Å². The number of aromatic hydroxyl groups is 1. The Bertz CT molecular complexity index is 2520. The summed E-state index contributed by atoms with van der Waals surface area (Å²) in [6.45, 7) is 1.03. The number of nitrogens with zero attached hydrogens (tertiary/aromatic N) is 1. The second-order valence-electron chi connectivity index (χ2n) is 15.3. The van der Waals surface area contributed by atoms with Crippen molar-refractivity contribution in [1.82, 2.24) is 41.5 Å². The number of nitrogens with one attached hydrogen (secondary N) is 7. The molecule has 0 spiro atoms. The fraction of sp³-hybridized carbons (Fsp3) is 0.255. The number of imidazole rings is 1. The molecule has 65 heavy (non-hydrogen) atoms. The Balaban J connectivity index is 1.25. The van der Waals surface area contributed by atoms with Gasteiger partial charge in [0.1, 0.15) is 42.6 Å². The van der Waals surface area contributed by atoms with E-state index in [4.69, 9.17) is 15.2 Å². The van der Waals surface area contributed by atoms with Crippen LogP contribution in [0.1, 0.15) is 34.9 Å². The zero-order valence-corrected chi connectivity index (χ0v) is 35.5. The van der Waals surface area contributed by atoms with Gasteiger partial charge in [-0.05, 0) is 47.4 Å². The number of phenols is 1. The Labute approximate surface area is 374 Å². The molecule has 10 N–H and O–H groups in total. The summed E-state index contributed by atoms with van der Waals surface area (Å²) in [5.74, 6) is -3.92. The molecule has 338 valence electrons. The maximum absolute atomic E-state index is 14.5. The summed E-state index contributed by atoms with van der Waals surface area (Å²) in [5.41, 5.74) is 9.47. The number of benzene rings is 4. The summed E-state index contributed by atoms with van der Waals surface area (Å²) in [6, 6.07) is 25.0. The molecule has 0 radical (unpaired) electrons. The highest BCUT2D eigenvalue weighted by atomic mass is 16.5. The van der Waals surface area contributed by atoms with Crippen molar-refractivity contribution in [2.75, 3.05) is 6.61 Å². The number of amides is 6. The van der Waals surface area contributed by atoms with E-state index >= 15 is 0 Å². The van der Waals surface area contributed by atoms with Crippen LogP contribution in [0.15, 0.2) is 128 Å². The maximum atomic E-state index is 14.5. The van der Waals surface area contributed by atoms with Gasteiger partial charge < -0.3 is 56.9 Å². The van der Waals surface area contributed by atoms with Crippen LogP contribution < -0.4 is 32.3 Å². The molecule has 0 aliphatic carbocycles. The summed E-state index contributed by atoms with van der Waals surface area (Å²) in [5, 5.41) is 24.1. The van der Waals surface area contributed by atoms with Crippen LogP contribution in [0.4, 0.5) is 4.79 Å². The Kier molecular flexibility index (Phi) is 16.4. The molecule has 0 fully saturated rings. The van der Waals surface area contributed by atoms with Gasteiger partial charge in [-0.1, -0.05) is 91.0 Å². The van der Waals surface area contributed by atoms with Crippen LogP contribution in [-0.2, 0) is 65.9 Å². The average molecular weight is 886 g/mol. The normalized spacial score (nSPS) is 13.3. The van der Waals surface area contributed by atoms with E-state index in [1.807, 2.05) is 60.7 Å². The number of hydrogen-bond acceptors (Lipinski definition) is 10. The predicted octanol–water partition coefficient (Wildman–Crippen LogP) is 2.58. The van der Waals surface area contributed by atoms with Gasteiger partial charge in [0.2, 0.25) is 29.5 Å². The van der Waals surface area contributed by atoms with E-state index in [1.54, 1.807) is 42.6 Å². The molecule has 0 unspecified atom stereocenters. The number of aromatic nitrogens is 3. The number of rotatable bonds is 22. The molecule has 18 heteroatoms. The van der Waals surface area contributed by atoms with Crippen LogP contribution >= 0.6 is 0 Å². The number of phenolic OH excluding ortho intramolecular Hbond substituents is 1. The minimum atomic E-state index is -1.44. The minimum absolute atomic E-state index is 0.0172. The van der Waals surface area contributed by atoms with Crippen molar-refractivity contribution in [2.24, 2.45) is 5.73 Å². The second-order valence-corrected chi connectivity index (χ2v) is 15.3. The summed E-state index contributed by atoms with van der Waals surface area (Å²) in [4.78, 5) is 91.9.